The monoisotopic (exact) mass is 317 g/mol. The van der Waals surface area contributed by atoms with E-state index in [9.17, 15) is 19.8 Å². The van der Waals surface area contributed by atoms with E-state index in [0.29, 0.717) is 0 Å². The van der Waals surface area contributed by atoms with Crippen LogP contribution in [-0.2, 0) is 14.3 Å². The van der Waals surface area contributed by atoms with Gasteiger partial charge in [0, 0.05) is 11.8 Å². The maximum Gasteiger partial charge on any atom is 0.330 e. The van der Waals surface area contributed by atoms with Gasteiger partial charge in [-0.05, 0) is 6.92 Å². The number of hydrogen-bond donors (Lipinski definition) is 4. The van der Waals surface area contributed by atoms with E-state index >= 15 is 0 Å². The van der Waals surface area contributed by atoms with Crippen molar-refractivity contribution in [1.82, 2.24) is 9.55 Å². The lowest BCUT2D eigenvalue weighted by molar-refractivity contribution is -0.0740. The highest BCUT2D eigenvalue weighted by Gasteiger charge is 2.44. The number of aryl methyl sites for hydroxylation is 1. The van der Waals surface area contributed by atoms with Crippen molar-refractivity contribution < 1.29 is 24.5 Å². The first-order valence-corrected chi connectivity index (χ1v) is 6.68. The third-order valence-corrected chi connectivity index (χ3v) is 3.38. The van der Waals surface area contributed by atoms with Gasteiger partial charge < -0.3 is 24.5 Å². The molecule has 124 valence electrons. The molecule has 2 rings (SSSR count). The van der Waals surface area contributed by atoms with Crippen LogP contribution in [0.25, 0.3) is 0 Å². The van der Waals surface area contributed by atoms with Crippen LogP contribution in [0.15, 0.2) is 15.8 Å². The zero-order chi connectivity index (χ0) is 16.3. The SMILES string of the molecule is Cc1cn([C@@H]2O[C@H](COCCON)[C@@H](O)[C@H]2O)c(=O)[nH]c1=O. The Morgan fingerprint density at radius 1 is 1.36 bits per heavy atom. The molecule has 10 nitrogen and oxygen atoms in total. The Balaban J connectivity index is 2.11. The van der Waals surface area contributed by atoms with E-state index in [2.05, 4.69) is 9.82 Å². The Labute approximate surface area is 125 Å². The zero-order valence-electron chi connectivity index (χ0n) is 12.0. The number of nitrogens with one attached hydrogen (secondary N) is 1. The normalized spacial score (nSPS) is 28.2. The molecule has 0 radical (unpaired) electrons. The van der Waals surface area contributed by atoms with Crippen molar-refractivity contribution in [2.45, 2.75) is 31.5 Å². The Bertz CT molecular complexity index is 613. The van der Waals surface area contributed by atoms with E-state index in [1.165, 1.54) is 13.1 Å². The van der Waals surface area contributed by atoms with E-state index in [1.54, 1.807) is 0 Å². The van der Waals surface area contributed by atoms with Crippen LogP contribution in [0.2, 0.25) is 0 Å². The summed E-state index contributed by atoms with van der Waals surface area (Å²) in [4.78, 5) is 29.6. The fourth-order valence-electron chi connectivity index (χ4n) is 2.18. The van der Waals surface area contributed by atoms with Gasteiger partial charge in [-0.15, -0.1) is 0 Å². The summed E-state index contributed by atoms with van der Waals surface area (Å²) in [5.74, 6) is 4.85. The van der Waals surface area contributed by atoms with Crippen LogP contribution in [0.1, 0.15) is 11.8 Å². The molecule has 1 aromatic heterocycles. The van der Waals surface area contributed by atoms with Crippen LogP contribution in [0.3, 0.4) is 0 Å². The van der Waals surface area contributed by atoms with E-state index in [4.69, 9.17) is 15.4 Å². The molecule has 10 heteroatoms. The number of nitrogens with zero attached hydrogens (tertiary/aromatic N) is 1. The summed E-state index contributed by atoms with van der Waals surface area (Å²) < 4.78 is 11.7. The van der Waals surface area contributed by atoms with Crippen LogP contribution in [0, 0.1) is 6.92 Å². The predicted molar refractivity (Wildman–Crippen MR) is 72.9 cm³/mol. The maximum absolute atomic E-state index is 11.8. The summed E-state index contributed by atoms with van der Waals surface area (Å²) in [6, 6.07) is 0. The first kappa shape index (κ1) is 16.8. The smallest absolute Gasteiger partial charge is 0.330 e. The predicted octanol–water partition coefficient (Wildman–Crippen LogP) is -2.63. The third kappa shape index (κ3) is 3.43. The van der Waals surface area contributed by atoms with E-state index < -0.39 is 35.8 Å². The quantitative estimate of drug-likeness (QED) is 0.329. The van der Waals surface area contributed by atoms with Crippen molar-refractivity contribution in [2.75, 3.05) is 19.8 Å². The first-order chi connectivity index (χ1) is 10.5. The molecule has 5 N–H and O–H groups in total. The van der Waals surface area contributed by atoms with Crippen molar-refractivity contribution in [3.8, 4) is 0 Å². The molecule has 2 heterocycles. The Morgan fingerprint density at radius 3 is 2.77 bits per heavy atom. The first-order valence-electron chi connectivity index (χ1n) is 6.68. The minimum absolute atomic E-state index is 0.00479. The molecule has 1 aliphatic rings. The van der Waals surface area contributed by atoms with Crippen molar-refractivity contribution in [2.24, 2.45) is 5.90 Å². The standard InChI is InChI=1S/C12H19N3O7/c1-6-4-15(12(19)14-10(6)18)11-9(17)8(16)7(22-11)5-20-2-3-21-13/h4,7-9,11,16-17H,2-3,5,13H2,1H3,(H,14,18,19)/t7-,8-,9-,11-/m1/s1. The van der Waals surface area contributed by atoms with Gasteiger partial charge >= 0.3 is 5.69 Å². The largest absolute Gasteiger partial charge is 0.387 e. The summed E-state index contributed by atoms with van der Waals surface area (Å²) in [7, 11) is 0. The van der Waals surface area contributed by atoms with Gasteiger partial charge in [0.1, 0.15) is 18.3 Å². The second kappa shape index (κ2) is 7.13. The lowest BCUT2D eigenvalue weighted by Gasteiger charge is -2.17. The fraction of sp³-hybridized carbons (Fsp3) is 0.667. The van der Waals surface area contributed by atoms with Crippen LogP contribution in [0.5, 0.6) is 0 Å². The lowest BCUT2D eigenvalue weighted by Crippen LogP contribution is -2.38. The number of hydrogen-bond acceptors (Lipinski definition) is 8. The number of nitrogens with two attached hydrogens (primary N) is 1. The third-order valence-electron chi connectivity index (χ3n) is 3.38. The molecule has 0 spiro atoms. The average Bonchev–Trinajstić information content (AvgIpc) is 2.76. The van der Waals surface area contributed by atoms with E-state index in [-0.39, 0.29) is 25.4 Å². The van der Waals surface area contributed by atoms with E-state index in [0.717, 1.165) is 4.57 Å². The molecule has 1 aliphatic heterocycles. The minimum atomic E-state index is -1.33. The topological polar surface area (TPSA) is 149 Å². The molecular weight excluding hydrogens is 298 g/mol. The van der Waals surface area contributed by atoms with Crippen LogP contribution in [-0.4, -0.2) is 57.9 Å². The highest BCUT2D eigenvalue weighted by molar-refractivity contribution is 5.03. The molecule has 0 saturated carbocycles. The molecule has 1 saturated heterocycles. The van der Waals surface area contributed by atoms with Gasteiger partial charge in [-0.2, -0.15) is 0 Å². The maximum atomic E-state index is 11.8. The number of aromatic amines is 1. The molecule has 0 amide bonds. The Hall–Kier alpha value is -1.56. The summed E-state index contributed by atoms with van der Waals surface area (Å²) in [6.45, 7) is 1.88. The summed E-state index contributed by atoms with van der Waals surface area (Å²) in [5.41, 5.74) is -0.967. The summed E-state index contributed by atoms with van der Waals surface area (Å²) in [5, 5.41) is 20.0. The summed E-state index contributed by atoms with van der Waals surface area (Å²) in [6.07, 6.45) is -3.23. The number of aliphatic hydroxyl groups is 2. The number of aliphatic hydroxyl groups excluding tert-OH is 2. The van der Waals surface area contributed by atoms with E-state index in [1.807, 2.05) is 0 Å². The molecule has 0 bridgehead atoms. The number of ether oxygens (including phenoxy) is 2. The number of rotatable bonds is 6. The molecule has 0 aliphatic carbocycles. The zero-order valence-corrected chi connectivity index (χ0v) is 12.0. The average molecular weight is 317 g/mol. The van der Waals surface area contributed by atoms with Crippen molar-refractivity contribution in [3.05, 3.63) is 32.6 Å². The molecular formula is C12H19N3O7. The van der Waals surface area contributed by atoms with Crippen molar-refractivity contribution >= 4 is 0 Å². The number of H-pyrrole nitrogens is 1. The van der Waals surface area contributed by atoms with Gasteiger partial charge in [0.05, 0.1) is 19.8 Å². The van der Waals surface area contributed by atoms with Gasteiger partial charge in [0.2, 0.25) is 0 Å². The van der Waals surface area contributed by atoms with Gasteiger partial charge in [0.15, 0.2) is 6.23 Å². The molecule has 0 unspecified atom stereocenters. The molecule has 1 aromatic rings. The van der Waals surface area contributed by atoms with Gasteiger partial charge in [-0.3, -0.25) is 14.3 Å². The van der Waals surface area contributed by atoms with Gasteiger partial charge in [0.25, 0.3) is 5.56 Å². The van der Waals surface area contributed by atoms with Crippen molar-refractivity contribution in [3.63, 3.8) is 0 Å². The second-order valence-electron chi connectivity index (χ2n) is 4.97. The Kier molecular flexibility index (Phi) is 5.45. The lowest BCUT2D eigenvalue weighted by atomic mass is 10.1. The number of aromatic nitrogens is 2. The molecule has 1 fully saturated rings. The molecule has 22 heavy (non-hydrogen) atoms. The van der Waals surface area contributed by atoms with Crippen LogP contribution >= 0.6 is 0 Å². The van der Waals surface area contributed by atoms with Gasteiger partial charge in [-0.1, -0.05) is 0 Å². The molecule has 4 atom stereocenters. The fourth-order valence-corrected chi connectivity index (χ4v) is 2.18. The second-order valence-corrected chi connectivity index (χ2v) is 4.97. The van der Waals surface area contributed by atoms with Gasteiger partial charge in [-0.25, -0.2) is 10.7 Å². The highest BCUT2D eigenvalue weighted by Crippen LogP contribution is 2.28. The molecule has 0 aromatic carbocycles. The summed E-state index contributed by atoms with van der Waals surface area (Å²) >= 11 is 0. The minimum Gasteiger partial charge on any atom is -0.387 e. The van der Waals surface area contributed by atoms with Crippen LogP contribution in [0.4, 0.5) is 0 Å². The van der Waals surface area contributed by atoms with Crippen LogP contribution < -0.4 is 17.1 Å². The van der Waals surface area contributed by atoms with Crippen molar-refractivity contribution in [1.29, 1.82) is 0 Å². The Morgan fingerprint density at radius 2 is 2.09 bits per heavy atom. The highest BCUT2D eigenvalue weighted by atomic mass is 16.6.